The van der Waals surface area contributed by atoms with Gasteiger partial charge in [0.15, 0.2) is 0 Å². The SMILES string of the molecule is CCOC(=O)c1c(NC(=O)CNc2ccc(OC)c(Cl)c2)sc(C)c1C. The first-order chi connectivity index (χ1) is 12.4. The first-order valence-electron chi connectivity index (χ1n) is 8.01. The average molecular weight is 397 g/mol. The van der Waals surface area contributed by atoms with Crippen molar-refractivity contribution in [2.45, 2.75) is 20.8 Å². The molecular weight excluding hydrogens is 376 g/mol. The summed E-state index contributed by atoms with van der Waals surface area (Å²) in [5.74, 6) is -0.145. The van der Waals surface area contributed by atoms with Gasteiger partial charge in [0, 0.05) is 10.6 Å². The number of methoxy groups -OCH3 is 1. The quantitative estimate of drug-likeness (QED) is 0.684. The van der Waals surface area contributed by atoms with Crippen LogP contribution in [0.2, 0.25) is 5.02 Å². The van der Waals surface area contributed by atoms with Crippen LogP contribution in [0.1, 0.15) is 27.7 Å². The van der Waals surface area contributed by atoms with Crippen LogP contribution in [-0.4, -0.2) is 32.1 Å². The highest BCUT2D eigenvalue weighted by Crippen LogP contribution is 2.33. The maximum atomic E-state index is 12.3. The number of thiophene rings is 1. The number of hydrogen-bond donors (Lipinski definition) is 2. The van der Waals surface area contributed by atoms with Crippen LogP contribution in [0.15, 0.2) is 18.2 Å². The van der Waals surface area contributed by atoms with Crippen molar-refractivity contribution in [1.82, 2.24) is 0 Å². The van der Waals surface area contributed by atoms with Crippen LogP contribution < -0.4 is 15.4 Å². The first-order valence-corrected chi connectivity index (χ1v) is 9.21. The number of ether oxygens (including phenoxy) is 2. The predicted molar refractivity (Wildman–Crippen MR) is 105 cm³/mol. The summed E-state index contributed by atoms with van der Waals surface area (Å²) >= 11 is 7.42. The normalized spacial score (nSPS) is 10.3. The second-order valence-corrected chi connectivity index (χ2v) is 7.09. The molecule has 0 bridgehead atoms. The van der Waals surface area contributed by atoms with Gasteiger partial charge in [-0.2, -0.15) is 0 Å². The van der Waals surface area contributed by atoms with E-state index in [4.69, 9.17) is 21.1 Å². The number of rotatable bonds is 7. The van der Waals surface area contributed by atoms with Gasteiger partial charge in [-0.15, -0.1) is 11.3 Å². The molecule has 2 aromatic rings. The van der Waals surface area contributed by atoms with Crippen LogP contribution in [-0.2, 0) is 9.53 Å². The molecule has 26 heavy (non-hydrogen) atoms. The van der Waals surface area contributed by atoms with Crippen LogP contribution >= 0.6 is 22.9 Å². The molecule has 0 fully saturated rings. The molecule has 0 unspecified atom stereocenters. The lowest BCUT2D eigenvalue weighted by Crippen LogP contribution is -2.22. The van der Waals surface area contributed by atoms with Gasteiger partial charge in [0.25, 0.3) is 0 Å². The number of amides is 1. The van der Waals surface area contributed by atoms with Gasteiger partial charge < -0.3 is 20.1 Å². The molecule has 0 radical (unpaired) electrons. The van der Waals surface area contributed by atoms with Crippen LogP contribution in [0.4, 0.5) is 10.7 Å². The molecule has 1 aromatic carbocycles. The number of anilines is 2. The Kier molecular flexibility index (Phi) is 6.88. The lowest BCUT2D eigenvalue weighted by Gasteiger charge is -2.10. The van der Waals surface area contributed by atoms with Gasteiger partial charge in [-0.1, -0.05) is 11.6 Å². The zero-order valence-electron chi connectivity index (χ0n) is 15.1. The van der Waals surface area contributed by atoms with Crippen molar-refractivity contribution in [3.05, 3.63) is 39.2 Å². The highest BCUT2D eigenvalue weighted by atomic mass is 35.5. The van der Waals surface area contributed by atoms with E-state index in [0.29, 0.717) is 27.0 Å². The summed E-state index contributed by atoms with van der Waals surface area (Å²) < 4.78 is 10.2. The van der Waals surface area contributed by atoms with Crippen LogP contribution in [0.5, 0.6) is 5.75 Å². The smallest absolute Gasteiger partial charge is 0.341 e. The molecule has 140 valence electrons. The third-order valence-electron chi connectivity index (χ3n) is 3.72. The minimum atomic E-state index is -0.431. The highest BCUT2D eigenvalue weighted by Gasteiger charge is 2.21. The van der Waals surface area contributed by atoms with Crippen molar-refractivity contribution in [1.29, 1.82) is 0 Å². The van der Waals surface area contributed by atoms with E-state index in [0.717, 1.165) is 10.4 Å². The fourth-order valence-electron chi connectivity index (χ4n) is 2.29. The number of halogens is 1. The molecule has 2 rings (SSSR count). The van der Waals surface area contributed by atoms with Gasteiger partial charge in [-0.25, -0.2) is 4.79 Å². The fourth-order valence-corrected chi connectivity index (χ4v) is 3.62. The van der Waals surface area contributed by atoms with Crippen molar-refractivity contribution >= 4 is 45.5 Å². The van der Waals surface area contributed by atoms with E-state index in [1.807, 2.05) is 13.8 Å². The summed E-state index contributed by atoms with van der Waals surface area (Å²) in [6.07, 6.45) is 0. The Hall–Kier alpha value is -2.25. The lowest BCUT2D eigenvalue weighted by atomic mass is 10.1. The molecule has 0 saturated carbocycles. The van der Waals surface area contributed by atoms with Gasteiger partial charge in [-0.05, 0) is 44.5 Å². The number of esters is 1. The van der Waals surface area contributed by atoms with E-state index in [2.05, 4.69) is 10.6 Å². The number of aryl methyl sites for hydroxylation is 1. The van der Waals surface area contributed by atoms with Gasteiger partial charge in [0.05, 0.1) is 30.8 Å². The van der Waals surface area contributed by atoms with E-state index in [9.17, 15) is 9.59 Å². The molecule has 8 heteroatoms. The topological polar surface area (TPSA) is 76.7 Å². The maximum absolute atomic E-state index is 12.3. The molecule has 6 nitrogen and oxygen atoms in total. The summed E-state index contributed by atoms with van der Waals surface area (Å²) in [4.78, 5) is 25.4. The molecule has 0 spiro atoms. The van der Waals surface area contributed by atoms with E-state index >= 15 is 0 Å². The van der Waals surface area contributed by atoms with Crippen molar-refractivity contribution in [3.63, 3.8) is 0 Å². The zero-order chi connectivity index (χ0) is 19.3. The Bertz CT molecular complexity index is 820. The summed E-state index contributed by atoms with van der Waals surface area (Å²) in [7, 11) is 1.54. The van der Waals surface area contributed by atoms with Gasteiger partial charge in [0.2, 0.25) is 5.91 Å². The largest absolute Gasteiger partial charge is 0.495 e. The number of hydrogen-bond acceptors (Lipinski definition) is 6. The summed E-state index contributed by atoms with van der Waals surface area (Å²) in [5.41, 5.74) is 1.92. The van der Waals surface area contributed by atoms with Crippen molar-refractivity contribution < 1.29 is 19.1 Å². The summed E-state index contributed by atoms with van der Waals surface area (Å²) in [5, 5.41) is 6.72. The number of nitrogens with one attached hydrogen (secondary N) is 2. The molecule has 0 aliphatic heterocycles. The van der Waals surface area contributed by atoms with E-state index in [-0.39, 0.29) is 19.1 Å². The van der Waals surface area contributed by atoms with Gasteiger partial charge in [0.1, 0.15) is 10.8 Å². The Morgan fingerprint density at radius 2 is 2.00 bits per heavy atom. The Morgan fingerprint density at radius 1 is 1.27 bits per heavy atom. The lowest BCUT2D eigenvalue weighted by molar-refractivity contribution is -0.114. The second-order valence-electron chi connectivity index (χ2n) is 5.46. The Morgan fingerprint density at radius 3 is 2.62 bits per heavy atom. The second kappa shape index (κ2) is 8.91. The number of carbonyl (C=O) groups is 2. The van der Waals surface area contributed by atoms with Crippen molar-refractivity contribution in [2.24, 2.45) is 0 Å². The molecule has 1 amide bonds. The van der Waals surface area contributed by atoms with Crippen LogP contribution in [0.3, 0.4) is 0 Å². The van der Waals surface area contributed by atoms with E-state index in [1.165, 1.54) is 18.4 Å². The maximum Gasteiger partial charge on any atom is 0.341 e. The van der Waals surface area contributed by atoms with Crippen molar-refractivity contribution in [2.75, 3.05) is 30.9 Å². The minimum absolute atomic E-state index is 0.0287. The van der Waals surface area contributed by atoms with E-state index < -0.39 is 5.97 Å². The number of benzene rings is 1. The van der Waals surface area contributed by atoms with Gasteiger partial charge in [-0.3, -0.25) is 4.79 Å². The molecule has 0 atom stereocenters. The average Bonchev–Trinajstić information content (AvgIpc) is 2.87. The molecule has 0 aliphatic rings. The molecule has 1 heterocycles. The summed E-state index contributed by atoms with van der Waals surface area (Å²) in [6, 6.07) is 5.16. The third-order valence-corrected chi connectivity index (χ3v) is 5.14. The molecule has 0 saturated heterocycles. The third kappa shape index (κ3) is 4.68. The van der Waals surface area contributed by atoms with Crippen LogP contribution in [0.25, 0.3) is 0 Å². The van der Waals surface area contributed by atoms with E-state index in [1.54, 1.807) is 25.1 Å². The van der Waals surface area contributed by atoms with Gasteiger partial charge >= 0.3 is 5.97 Å². The van der Waals surface area contributed by atoms with Crippen molar-refractivity contribution in [3.8, 4) is 5.75 Å². The van der Waals surface area contributed by atoms with Crippen LogP contribution in [0, 0.1) is 13.8 Å². The summed E-state index contributed by atoms with van der Waals surface area (Å²) in [6.45, 7) is 5.79. The predicted octanol–water partition coefficient (Wildman–Crippen LogP) is 4.25. The monoisotopic (exact) mass is 396 g/mol. The Balaban J connectivity index is 2.05. The molecule has 1 aromatic heterocycles. The standard InChI is InChI=1S/C18H21ClN2O4S/c1-5-25-18(23)16-10(2)11(3)26-17(16)21-15(22)9-20-12-6-7-14(24-4)13(19)8-12/h6-8,20H,5,9H2,1-4H3,(H,21,22). The zero-order valence-corrected chi connectivity index (χ0v) is 16.6. The first kappa shape index (κ1) is 20.1. The molecule has 0 aliphatic carbocycles. The Labute approximate surface area is 161 Å². The number of carbonyl (C=O) groups excluding carboxylic acids is 2. The fraction of sp³-hybridized carbons (Fsp3) is 0.333. The molecule has 2 N–H and O–H groups in total. The highest BCUT2D eigenvalue weighted by molar-refractivity contribution is 7.16. The minimum Gasteiger partial charge on any atom is -0.495 e. The molecular formula is C18H21ClN2O4S.